The lowest BCUT2D eigenvalue weighted by molar-refractivity contribution is 0.290. The fraction of sp³-hybridized carbons (Fsp3) is 0.190. The van der Waals surface area contributed by atoms with Crippen molar-refractivity contribution in [1.82, 2.24) is 9.97 Å². The maximum absolute atomic E-state index is 13.8. The summed E-state index contributed by atoms with van der Waals surface area (Å²) in [7, 11) is 0. The lowest BCUT2D eigenvalue weighted by atomic mass is 10.1. The van der Waals surface area contributed by atoms with E-state index in [0.717, 1.165) is 35.6 Å². The normalized spacial score (nSPS) is 10.3. The van der Waals surface area contributed by atoms with Crippen LogP contribution in [0.25, 0.3) is 11.4 Å². The highest BCUT2D eigenvalue weighted by Gasteiger charge is 2.06. The van der Waals surface area contributed by atoms with Crippen LogP contribution >= 0.6 is 0 Å². The lowest BCUT2D eigenvalue weighted by Gasteiger charge is -2.08. The van der Waals surface area contributed by atoms with Gasteiger partial charge in [-0.1, -0.05) is 37.6 Å². The third-order valence-electron chi connectivity index (χ3n) is 3.91. The maximum atomic E-state index is 13.8. The Hall–Kier alpha value is -3.26. The molecular formula is C21H18FN3O. The van der Waals surface area contributed by atoms with Gasteiger partial charge in [-0.2, -0.15) is 5.26 Å². The summed E-state index contributed by atoms with van der Waals surface area (Å²) in [6.07, 6.45) is 5.76. The third kappa shape index (κ3) is 4.22. The SMILES string of the molecule is CCCc1cnc(-c2ccc(COc3ccc(C#N)cc3F)cc2)nc1. The summed E-state index contributed by atoms with van der Waals surface area (Å²) in [5, 5.41) is 8.75. The molecule has 0 aliphatic heterocycles. The number of benzene rings is 2. The number of ether oxygens (including phenoxy) is 1. The Labute approximate surface area is 151 Å². The molecule has 0 fully saturated rings. The van der Waals surface area contributed by atoms with Gasteiger partial charge in [0.2, 0.25) is 0 Å². The van der Waals surface area contributed by atoms with Gasteiger partial charge in [0, 0.05) is 18.0 Å². The lowest BCUT2D eigenvalue weighted by Crippen LogP contribution is -1.98. The van der Waals surface area contributed by atoms with Crippen molar-refractivity contribution in [1.29, 1.82) is 5.26 Å². The summed E-state index contributed by atoms with van der Waals surface area (Å²) < 4.78 is 19.3. The number of nitriles is 1. The van der Waals surface area contributed by atoms with Crippen molar-refractivity contribution >= 4 is 0 Å². The van der Waals surface area contributed by atoms with E-state index in [1.54, 1.807) is 0 Å². The van der Waals surface area contributed by atoms with Crippen LogP contribution in [0.2, 0.25) is 0 Å². The highest BCUT2D eigenvalue weighted by Crippen LogP contribution is 2.21. The van der Waals surface area contributed by atoms with Crippen LogP contribution in [0.3, 0.4) is 0 Å². The van der Waals surface area contributed by atoms with Crippen molar-refractivity contribution in [2.75, 3.05) is 0 Å². The summed E-state index contributed by atoms with van der Waals surface area (Å²) in [6, 6.07) is 13.7. The van der Waals surface area contributed by atoms with Crippen LogP contribution < -0.4 is 4.74 Å². The second-order valence-corrected chi connectivity index (χ2v) is 5.91. The van der Waals surface area contributed by atoms with E-state index < -0.39 is 5.82 Å². The van der Waals surface area contributed by atoms with Crippen LogP contribution in [0.1, 0.15) is 30.0 Å². The molecule has 0 unspecified atom stereocenters. The minimum absolute atomic E-state index is 0.128. The van der Waals surface area contributed by atoms with Gasteiger partial charge in [0.15, 0.2) is 17.4 Å². The molecule has 1 aromatic heterocycles. The number of halogens is 1. The topological polar surface area (TPSA) is 58.8 Å². The summed E-state index contributed by atoms with van der Waals surface area (Å²) in [5.74, 6) is 0.264. The fourth-order valence-electron chi connectivity index (χ4n) is 2.52. The summed E-state index contributed by atoms with van der Waals surface area (Å²) in [4.78, 5) is 8.80. The summed E-state index contributed by atoms with van der Waals surface area (Å²) >= 11 is 0. The van der Waals surface area contributed by atoms with Gasteiger partial charge in [0.1, 0.15) is 6.61 Å². The molecule has 4 nitrogen and oxygen atoms in total. The fourth-order valence-corrected chi connectivity index (χ4v) is 2.52. The van der Waals surface area contributed by atoms with Gasteiger partial charge in [-0.3, -0.25) is 0 Å². The third-order valence-corrected chi connectivity index (χ3v) is 3.91. The molecule has 0 saturated carbocycles. The molecule has 0 radical (unpaired) electrons. The van der Waals surface area contributed by atoms with E-state index in [0.29, 0.717) is 5.82 Å². The molecule has 26 heavy (non-hydrogen) atoms. The maximum Gasteiger partial charge on any atom is 0.166 e. The predicted octanol–water partition coefficient (Wildman–Crippen LogP) is 4.69. The Morgan fingerprint density at radius 3 is 2.38 bits per heavy atom. The molecule has 0 N–H and O–H groups in total. The van der Waals surface area contributed by atoms with Crippen LogP contribution in [0.15, 0.2) is 54.9 Å². The van der Waals surface area contributed by atoms with Crippen molar-refractivity contribution in [3.63, 3.8) is 0 Å². The number of hydrogen-bond acceptors (Lipinski definition) is 4. The van der Waals surface area contributed by atoms with Gasteiger partial charge in [0.25, 0.3) is 0 Å². The molecule has 0 amide bonds. The molecule has 1 heterocycles. The van der Waals surface area contributed by atoms with Crippen molar-refractivity contribution in [3.8, 4) is 23.2 Å². The Balaban J connectivity index is 1.65. The van der Waals surface area contributed by atoms with E-state index in [4.69, 9.17) is 10.00 Å². The molecule has 2 aromatic carbocycles. The number of aryl methyl sites for hydroxylation is 1. The zero-order chi connectivity index (χ0) is 18.4. The minimum Gasteiger partial charge on any atom is -0.486 e. The van der Waals surface area contributed by atoms with E-state index >= 15 is 0 Å². The Morgan fingerprint density at radius 1 is 1.04 bits per heavy atom. The molecule has 0 bridgehead atoms. The highest BCUT2D eigenvalue weighted by molar-refractivity contribution is 5.55. The van der Waals surface area contributed by atoms with Gasteiger partial charge >= 0.3 is 0 Å². The summed E-state index contributed by atoms with van der Waals surface area (Å²) in [5.41, 5.74) is 3.22. The molecule has 3 aromatic rings. The first kappa shape index (κ1) is 17.6. The number of aromatic nitrogens is 2. The number of nitrogens with zero attached hydrogens (tertiary/aromatic N) is 3. The quantitative estimate of drug-likeness (QED) is 0.649. The van der Waals surface area contributed by atoms with Gasteiger partial charge in [-0.15, -0.1) is 0 Å². The second kappa shape index (κ2) is 8.21. The Morgan fingerprint density at radius 2 is 1.77 bits per heavy atom. The van der Waals surface area contributed by atoms with Crippen LogP contribution in [-0.2, 0) is 13.0 Å². The monoisotopic (exact) mass is 347 g/mol. The molecule has 130 valence electrons. The van der Waals surface area contributed by atoms with E-state index in [1.807, 2.05) is 42.7 Å². The number of rotatable bonds is 6. The zero-order valence-electron chi connectivity index (χ0n) is 14.4. The Kier molecular flexibility index (Phi) is 5.55. The van der Waals surface area contributed by atoms with Crippen LogP contribution in [0.5, 0.6) is 5.75 Å². The predicted molar refractivity (Wildman–Crippen MR) is 96.9 cm³/mol. The first-order valence-corrected chi connectivity index (χ1v) is 8.42. The molecule has 0 atom stereocenters. The average molecular weight is 347 g/mol. The molecule has 0 aliphatic carbocycles. The Bertz CT molecular complexity index is 915. The first-order valence-electron chi connectivity index (χ1n) is 8.42. The van der Waals surface area contributed by atoms with Gasteiger partial charge < -0.3 is 4.74 Å². The van der Waals surface area contributed by atoms with Crippen molar-refractivity contribution < 1.29 is 9.13 Å². The van der Waals surface area contributed by atoms with E-state index in [9.17, 15) is 4.39 Å². The van der Waals surface area contributed by atoms with Crippen LogP contribution in [0, 0.1) is 17.1 Å². The van der Waals surface area contributed by atoms with Gasteiger partial charge in [-0.25, -0.2) is 14.4 Å². The first-order chi connectivity index (χ1) is 12.7. The summed E-state index contributed by atoms with van der Waals surface area (Å²) in [6.45, 7) is 2.36. The minimum atomic E-state index is -0.541. The largest absolute Gasteiger partial charge is 0.486 e. The molecule has 3 rings (SSSR count). The van der Waals surface area contributed by atoms with Crippen LogP contribution in [-0.4, -0.2) is 9.97 Å². The van der Waals surface area contributed by atoms with Crippen molar-refractivity contribution in [2.24, 2.45) is 0 Å². The van der Waals surface area contributed by atoms with Gasteiger partial charge in [-0.05, 0) is 35.7 Å². The molecule has 0 spiro atoms. The number of hydrogen-bond donors (Lipinski definition) is 0. The van der Waals surface area contributed by atoms with E-state index in [-0.39, 0.29) is 17.9 Å². The average Bonchev–Trinajstić information content (AvgIpc) is 2.68. The second-order valence-electron chi connectivity index (χ2n) is 5.91. The van der Waals surface area contributed by atoms with Crippen molar-refractivity contribution in [2.45, 2.75) is 26.4 Å². The molecule has 5 heteroatoms. The van der Waals surface area contributed by atoms with Crippen LogP contribution in [0.4, 0.5) is 4.39 Å². The van der Waals surface area contributed by atoms with Gasteiger partial charge in [0.05, 0.1) is 11.6 Å². The molecular weight excluding hydrogens is 329 g/mol. The highest BCUT2D eigenvalue weighted by atomic mass is 19.1. The molecule has 0 aliphatic rings. The van der Waals surface area contributed by atoms with E-state index in [1.165, 1.54) is 12.1 Å². The van der Waals surface area contributed by atoms with E-state index in [2.05, 4.69) is 16.9 Å². The van der Waals surface area contributed by atoms with Crippen molar-refractivity contribution in [3.05, 3.63) is 77.4 Å². The molecule has 0 saturated heterocycles. The smallest absolute Gasteiger partial charge is 0.166 e. The standard InChI is InChI=1S/C21H18FN3O/c1-2-3-17-12-24-21(25-13-17)18-7-4-15(5-8-18)14-26-20-9-6-16(11-23)10-19(20)22/h4-10,12-13H,2-3,14H2,1H3. The zero-order valence-corrected chi connectivity index (χ0v) is 14.4.